The Hall–Kier alpha value is -2.36. The Morgan fingerprint density at radius 1 is 1.20 bits per heavy atom. The number of urea groups is 1. The molecule has 0 spiro atoms. The van der Waals surface area contributed by atoms with Gasteiger partial charge in [-0.3, -0.25) is 10.2 Å². The highest BCUT2D eigenvalue weighted by molar-refractivity contribution is 7.15. The highest BCUT2D eigenvalue weighted by Gasteiger charge is 2.21. The normalized spacial score (nSPS) is 17.8. The Bertz CT molecular complexity index is 917. The van der Waals surface area contributed by atoms with Gasteiger partial charge in [-0.2, -0.15) is 0 Å². The Labute approximate surface area is 178 Å². The third-order valence-electron chi connectivity index (χ3n) is 5.26. The topological polar surface area (TPSA) is 57.7 Å². The van der Waals surface area contributed by atoms with Crippen LogP contribution in [0.1, 0.15) is 23.3 Å². The minimum Gasteiger partial charge on any atom is -0.379 e. The molecule has 3 heterocycles. The van der Waals surface area contributed by atoms with Crippen molar-refractivity contribution in [2.24, 2.45) is 0 Å². The summed E-state index contributed by atoms with van der Waals surface area (Å²) in [6.45, 7) is 5.18. The van der Waals surface area contributed by atoms with Crippen LogP contribution in [0.3, 0.4) is 0 Å². The second-order valence-corrected chi connectivity index (χ2v) is 8.52. The van der Waals surface area contributed by atoms with Gasteiger partial charge in [0.1, 0.15) is 11.6 Å². The molecule has 1 aromatic carbocycles. The number of nitrogens with zero attached hydrogens (tertiary/aromatic N) is 3. The Balaban J connectivity index is 1.28. The van der Waals surface area contributed by atoms with Crippen LogP contribution in [0.25, 0.3) is 6.08 Å². The number of halogens is 2. The molecule has 6 nitrogen and oxygen atoms in total. The molecule has 0 radical (unpaired) electrons. The van der Waals surface area contributed by atoms with E-state index in [2.05, 4.69) is 15.2 Å². The number of nitrogens with one attached hydrogen (secondary N) is 1. The lowest BCUT2D eigenvalue weighted by Gasteiger charge is -2.28. The summed E-state index contributed by atoms with van der Waals surface area (Å²) < 4.78 is 32.5. The van der Waals surface area contributed by atoms with Gasteiger partial charge in [0.15, 0.2) is 5.13 Å². The maximum absolute atomic E-state index is 13.8. The summed E-state index contributed by atoms with van der Waals surface area (Å²) in [6.07, 6.45) is 4.75. The van der Waals surface area contributed by atoms with Crippen molar-refractivity contribution in [2.75, 3.05) is 44.7 Å². The Kier molecular flexibility index (Phi) is 6.71. The molecule has 30 heavy (non-hydrogen) atoms. The second kappa shape index (κ2) is 9.63. The molecule has 0 saturated carbocycles. The van der Waals surface area contributed by atoms with E-state index in [1.807, 2.05) is 0 Å². The third-order valence-corrected chi connectivity index (χ3v) is 6.16. The highest BCUT2D eigenvalue weighted by atomic mass is 32.1. The van der Waals surface area contributed by atoms with E-state index >= 15 is 0 Å². The van der Waals surface area contributed by atoms with Gasteiger partial charge in [-0.25, -0.2) is 18.6 Å². The summed E-state index contributed by atoms with van der Waals surface area (Å²) in [4.78, 5) is 22.0. The lowest BCUT2D eigenvalue weighted by atomic mass is 10.0. The van der Waals surface area contributed by atoms with Gasteiger partial charge >= 0.3 is 6.03 Å². The summed E-state index contributed by atoms with van der Waals surface area (Å²) in [7, 11) is 0. The van der Waals surface area contributed by atoms with Gasteiger partial charge in [-0.1, -0.05) is 11.6 Å². The third kappa shape index (κ3) is 5.41. The van der Waals surface area contributed by atoms with E-state index in [4.69, 9.17) is 4.74 Å². The van der Waals surface area contributed by atoms with Crippen LogP contribution in [0, 0.1) is 11.6 Å². The first-order chi connectivity index (χ1) is 14.6. The minimum absolute atomic E-state index is 0.182. The summed E-state index contributed by atoms with van der Waals surface area (Å²) in [5.41, 5.74) is 1.25. The fourth-order valence-electron chi connectivity index (χ4n) is 3.58. The predicted molar refractivity (Wildman–Crippen MR) is 112 cm³/mol. The number of anilines is 1. The number of carbonyl (C=O) groups is 1. The molecule has 2 aromatic rings. The van der Waals surface area contributed by atoms with Crippen molar-refractivity contribution in [1.29, 1.82) is 0 Å². The van der Waals surface area contributed by atoms with E-state index < -0.39 is 11.6 Å². The molecule has 0 unspecified atom stereocenters. The zero-order valence-corrected chi connectivity index (χ0v) is 17.4. The van der Waals surface area contributed by atoms with Gasteiger partial charge in [0.25, 0.3) is 0 Å². The molecule has 0 atom stereocenters. The van der Waals surface area contributed by atoms with Gasteiger partial charge in [-0.05, 0) is 31.0 Å². The van der Waals surface area contributed by atoms with Crippen LogP contribution in [-0.2, 0) is 11.3 Å². The lowest BCUT2D eigenvalue weighted by molar-refractivity contribution is 0.0346. The Morgan fingerprint density at radius 3 is 2.73 bits per heavy atom. The summed E-state index contributed by atoms with van der Waals surface area (Å²) in [5, 5.41) is 3.46. The molecule has 2 aliphatic rings. The van der Waals surface area contributed by atoms with Crippen LogP contribution in [0.2, 0.25) is 0 Å². The molecule has 1 aromatic heterocycles. The molecule has 0 bridgehead atoms. The quantitative estimate of drug-likeness (QED) is 0.791. The number of thiazole rings is 1. The number of likely N-dealkylation sites (tertiary alicyclic amines) is 1. The van der Waals surface area contributed by atoms with E-state index in [0.717, 1.165) is 55.4 Å². The van der Waals surface area contributed by atoms with Gasteiger partial charge in [0.2, 0.25) is 0 Å². The maximum Gasteiger partial charge on any atom is 0.323 e. The number of ether oxygens (including phenoxy) is 1. The summed E-state index contributed by atoms with van der Waals surface area (Å²) in [5.74, 6) is -0.905. The molecule has 160 valence electrons. The molecular formula is C21H24F2N4O2S. The molecule has 2 fully saturated rings. The zero-order chi connectivity index (χ0) is 20.9. The number of benzene rings is 1. The SMILES string of the molecule is O=C(Nc1ncc(CN2CCOCC2)s1)N1CCC(=Cc2cc(F)ccc2F)CC1. The van der Waals surface area contributed by atoms with Crippen LogP contribution in [0.5, 0.6) is 0 Å². The standard InChI is InChI=1S/C21H24F2N4O2S/c22-17-1-2-19(23)16(12-17)11-15-3-5-27(6-4-15)21(28)25-20-24-13-18(30-20)14-26-7-9-29-10-8-26/h1-2,11-13H,3-10,14H2,(H,24,25,28). The van der Waals surface area contributed by atoms with Crippen LogP contribution in [0.4, 0.5) is 18.7 Å². The van der Waals surface area contributed by atoms with E-state index in [0.29, 0.717) is 31.1 Å². The van der Waals surface area contributed by atoms with E-state index in [-0.39, 0.29) is 11.6 Å². The van der Waals surface area contributed by atoms with Crippen LogP contribution in [-0.4, -0.2) is 60.2 Å². The van der Waals surface area contributed by atoms with Crippen molar-refractivity contribution < 1.29 is 18.3 Å². The molecule has 9 heteroatoms. The minimum atomic E-state index is -0.462. The average Bonchev–Trinajstić information content (AvgIpc) is 3.18. The number of hydrogen-bond donors (Lipinski definition) is 1. The molecular weight excluding hydrogens is 410 g/mol. The van der Waals surface area contributed by atoms with Crippen LogP contribution >= 0.6 is 11.3 Å². The van der Waals surface area contributed by atoms with Gasteiger partial charge < -0.3 is 9.64 Å². The van der Waals surface area contributed by atoms with Crippen molar-refractivity contribution in [3.05, 3.63) is 52.0 Å². The fourth-order valence-corrected chi connectivity index (χ4v) is 4.42. The molecule has 1 N–H and O–H groups in total. The van der Waals surface area contributed by atoms with Gasteiger partial charge in [-0.15, -0.1) is 11.3 Å². The first kappa shape index (κ1) is 20.9. The monoisotopic (exact) mass is 434 g/mol. The van der Waals surface area contributed by atoms with Gasteiger partial charge in [0.05, 0.1) is 13.2 Å². The van der Waals surface area contributed by atoms with Crippen molar-refractivity contribution >= 4 is 28.6 Å². The number of piperidine rings is 1. The van der Waals surface area contributed by atoms with E-state index in [1.54, 1.807) is 17.2 Å². The number of amides is 2. The number of carbonyl (C=O) groups excluding carboxylic acids is 1. The highest BCUT2D eigenvalue weighted by Crippen LogP contribution is 2.24. The lowest BCUT2D eigenvalue weighted by Crippen LogP contribution is -2.39. The van der Waals surface area contributed by atoms with Crippen molar-refractivity contribution in [2.45, 2.75) is 19.4 Å². The molecule has 2 aliphatic heterocycles. The molecule has 2 saturated heterocycles. The number of rotatable bonds is 4. The Morgan fingerprint density at radius 2 is 1.97 bits per heavy atom. The zero-order valence-electron chi connectivity index (χ0n) is 16.6. The maximum atomic E-state index is 13.8. The largest absolute Gasteiger partial charge is 0.379 e. The van der Waals surface area contributed by atoms with Crippen LogP contribution < -0.4 is 5.32 Å². The van der Waals surface area contributed by atoms with Crippen molar-refractivity contribution in [3.63, 3.8) is 0 Å². The van der Waals surface area contributed by atoms with E-state index in [9.17, 15) is 13.6 Å². The molecule has 4 rings (SSSR count). The number of hydrogen-bond acceptors (Lipinski definition) is 5. The van der Waals surface area contributed by atoms with Crippen molar-refractivity contribution in [3.8, 4) is 0 Å². The van der Waals surface area contributed by atoms with E-state index in [1.165, 1.54) is 17.4 Å². The number of morpholine rings is 1. The second-order valence-electron chi connectivity index (χ2n) is 7.41. The fraction of sp³-hybridized carbons (Fsp3) is 0.429. The van der Waals surface area contributed by atoms with Gasteiger partial charge in [0, 0.05) is 49.4 Å². The first-order valence-electron chi connectivity index (χ1n) is 10.0. The predicted octanol–water partition coefficient (Wildman–Crippen LogP) is 3.96. The van der Waals surface area contributed by atoms with Crippen LogP contribution in [0.15, 0.2) is 30.0 Å². The summed E-state index contributed by atoms with van der Waals surface area (Å²) in [6, 6.07) is 3.25. The average molecular weight is 435 g/mol. The number of aromatic nitrogens is 1. The molecule has 2 amide bonds. The smallest absolute Gasteiger partial charge is 0.323 e. The first-order valence-corrected chi connectivity index (χ1v) is 10.8. The molecule has 0 aliphatic carbocycles. The van der Waals surface area contributed by atoms with Crippen molar-refractivity contribution in [1.82, 2.24) is 14.8 Å². The summed E-state index contributed by atoms with van der Waals surface area (Å²) >= 11 is 1.48.